The fourth-order valence-electron chi connectivity index (χ4n) is 6.64. The first kappa shape index (κ1) is 41.3. The first-order valence-electron chi connectivity index (χ1n) is 16.4. The standard InChI is InChI=1S/C30H53N3O16/c1-5-46-29-17(10-45-11-21-23(31-13(2)37)28(42)27(41)20(8-36)48-21)19(7-35)47-22(24(29)32-14(3)38)12-44-9-16-18(6-34)49-30(43)25(26(16)40)33-15(4)39/h16-30,34-36,40-43H,5-12H2,1-4H3,(H,31,37)(H,32,38)(H,33,39)/t16-,17-,18?,19?,20?,21+,22+,23?,24?,25?,26+,27-,28-,29+,30-/m1/s1. The fourth-order valence-corrected chi connectivity index (χ4v) is 6.64. The Morgan fingerprint density at radius 3 is 1.57 bits per heavy atom. The fraction of sp³-hybridized carbons (Fsp3) is 0.900. The summed E-state index contributed by atoms with van der Waals surface area (Å²) < 4.78 is 35.3. The molecule has 0 aliphatic carbocycles. The van der Waals surface area contributed by atoms with Crippen molar-refractivity contribution in [3.63, 3.8) is 0 Å². The van der Waals surface area contributed by atoms with Gasteiger partial charge >= 0.3 is 0 Å². The number of amides is 3. The maximum absolute atomic E-state index is 12.3. The number of carbonyl (C=O) groups excluding carboxylic acids is 3. The van der Waals surface area contributed by atoms with Crippen LogP contribution >= 0.6 is 0 Å². The molecule has 19 heteroatoms. The van der Waals surface area contributed by atoms with E-state index in [4.69, 9.17) is 28.4 Å². The van der Waals surface area contributed by atoms with Gasteiger partial charge in [0.2, 0.25) is 17.7 Å². The third kappa shape index (κ3) is 10.7. The van der Waals surface area contributed by atoms with Crippen LogP contribution in [0.15, 0.2) is 0 Å². The van der Waals surface area contributed by atoms with E-state index in [0.29, 0.717) is 0 Å². The summed E-state index contributed by atoms with van der Waals surface area (Å²) in [6.45, 7) is 3.38. The normalized spacial score (nSPS) is 39.6. The molecule has 3 amide bonds. The van der Waals surface area contributed by atoms with Crippen LogP contribution in [0.2, 0.25) is 0 Å². The van der Waals surface area contributed by atoms with Crippen molar-refractivity contribution in [2.75, 3.05) is 52.9 Å². The van der Waals surface area contributed by atoms with Gasteiger partial charge in [0.15, 0.2) is 6.29 Å². The number of nitrogens with one attached hydrogen (secondary N) is 3. The second-order valence-corrected chi connectivity index (χ2v) is 12.5. The molecular weight excluding hydrogens is 658 g/mol. The van der Waals surface area contributed by atoms with Crippen molar-refractivity contribution in [1.82, 2.24) is 16.0 Å². The lowest BCUT2D eigenvalue weighted by molar-refractivity contribution is -0.249. The summed E-state index contributed by atoms with van der Waals surface area (Å²) in [5.74, 6) is -2.96. The molecule has 3 saturated heterocycles. The Labute approximate surface area is 284 Å². The van der Waals surface area contributed by atoms with E-state index in [9.17, 15) is 50.1 Å². The second-order valence-electron chi connectivity index (χ2n) is 12.5. The van der Waals surface area contributed by atoms with E-state index < -0.39 is 129 Å². The summed E-state index contributed by atoms with van der Waals surface area (Å²) >= 11 is 0. The van der Waals surface area contributed by atoms with Crippen LogP contribution in [-0.2, 0) is 42.8 Å². The van der Waals surface area contributed by atoms with Gasteiger partial charge < -0.3 is 80.1 Å². The molecule has 0 aromatic carbocycles. The largest absolute Gasteiger partial charge is 0.394 e. The average molecular weight is 712 g/mol. The van der Waals surface area contributed by atoms with Crippen LogP contribution in [0, 0.1) is 11.8 Å². The van der Waals surface area contributed by atoms with Crippen molar-refractivity contribution in [1.29, 1.82) is 0 Å². The predicted octanol–water partition coefficient (Wildman–Crippen LogP) is -5.52. The maximum Gasteiger partial charge on any atom is 0.217 e. The Balaban J connectivity index is 1.73. The zero-order valence-electron chi connectivity index (χ0n) is 28.1. The first-order valence-corrected chi connectivity index (χ1v) is 16.4. The molecular formula is C30H53N3O16. The minimum Gasteiger partial charge on any atom is -0.394 e. The molecule has 0 spiro atoms. The van der Waals surface area contributed by atoms with E-state index in [1.807, 2.05) is 0 Å². The highest BCUT2D eigenvalue weighted by atomic mass is 16.6. The van der Waals surface area contributed by atoms with Crippen molar-refractivity contribution in [3.05, 3.63) is 0 Å². The zero-order chi connectivity index (χ0) is 36.4. The van der Waals surface area contributed by atoms with Crippen LogP contribution in [0.3, 0.4) is 0 Å². The Bertz CT molecular complexity index is 1060. The smallest absolute Gasteiger partial charge is 0.217 e. The molecule has 15 atom stereocenters. The van der Waals surface area contributed by atoms with Crippen LogP contribution in [0.1, 0.15) is 27.7 Å². The molecule has 19 nitrogen and oxygen atoms in total. The van der Waals surface area contributed by atoms with Crippen molar-refractivity contribution in [2.24, 2.45) is 11.8 Å². The van der Waals surface area contributed by atoms with Gasteiger partial charge in [0.25, 0.3) is 0 Å². The first-order chi connectivity index (χ1) is 23.3. The molecule has 284 valence electrons. The summed E-state index contributed by atoms with van der Waals surface area (Å²) in [4.78, 5) is 35.7. The Hall–Kier alpha value is -2.11. The van der Waals surface area contributed by atoms with Crippen LogP contribution < -0.4 is 16.0 Å². The van der Waals surface area contributed by atoms with Crippen molar-refractivity contribution in [2.45, 2.75) is 107 Å². The van der Waals surface area contributed by atoms with Gasteiger partial charge in [0.05, 0.1) is 82.7 Å². The molecule has 3 fully saturated rings. The van der Waals surface area contributed by atoms with Gasteiger partial charge in [-0.2, -0.15) is 0 Å². The van der Waals surface area contributed by atoms with Crippen LogP contribution in [0.5, 0.6) is 0 Å². The number of carbonyl (C=O) groups is 3. The molecule has 49 heavy (non-hydrogen) atoms. The number of rotatable bonds is 16. The quantitative estimate of drug-likeness (QED) is 0.0715. The van der Waals surface area contributed by atoms with E-state index in [0.717, 1.165) is 0 Å². The van der Waals surface area contributed by atoms with Gasteiger partial charge in [0, 0.05) is 39.2 Å². The van der Waals surface area contributed by atoms with Gasteiger partial charge in [0.1, 0.15) is 36.6 Å². The van der Waals surface area contributed by atoms with Crippen LogP contribution in [-0.4, -0.2) is 186 Å². The van der Waals surface area contributed by atoms with Crippen molar-refractivity contribution >= 4 is 17.7 Å². The maximum atomic E-state index is 12.3. The summed E-state index contributed by atoms with van der Waals surface area (Å²) in [5.41, 5.74) is 0. The highest BCUT2D eigenvalue weighted by molar-refractivity contribution is 5.74. The summed E-state index contributed by atoms with van der Waals surface area (Å²) in [7, 11) is 0. The Morgan fingerprint density at radius 2 is 1.04 bits per heavy atom. The third-order valence-electron chi connectivity index (χ3n) is 8.95. The van der Waals surface area contributed by atoms with E-state index in [1.165, 1.54) is 20.8 Å². The Morgan fingerprint density at radius 1 is 0.571 bits per heavy atom. The molecule has 3 aliphatic heterocycles. The number of aliphatic hydroxyl groups is 7. The van der Waals surface area contributed by atoms with Gasteiger partial charge in [-0.25, -0.2) is 0 Å². The monoisotopic (exact) mass is 711 g/mol. The van der Waals surface area contributed by atoms with E-state index >= 15 is 0 Å². The summed E-state index contributed by atoms with van der Waals surface area (Å²) in [5, 5.41) is 79.6. The number of ether oxygens (including phenoxy) is 6. The molecule has 0 aromatic rings. The van der Waals surface area contributed by atoms with Gasteiger partial charge in [-0.1, -0.05) is 0 Å². The van der Waals surface area contributed by atoms with Gasteiger partial charge in [-0.3, -0.25) is 14.4 Å². The molecule has 3 aliphatic rings. The van der Waals surface area contributed by atoms with Crippen LogP contribution in [0.4, 0.5) is 0 Å². The molecule has 6 unspecified atom stereocenters. The Kier molecular flexibility index (Phi) is 16.4. The van der Waals surface area contributed by atoms with Crippen molar-refractivity contribution in [3.8, 4) is 0 Å². The van der Waals surface area contributed by atoms with E-state index in [2.05, 4.69) is 16.0 Å². The molecule has 0 saturated carbocycles. The molecule has 0 radical (unpaired) electrons. The van der Waals surface area contributed by atoms with Crippen LogP contribution in [0.25, 0.3) is 0 Å². The molecule has 3 heterocycles. The average Bonchev–Trinajstić information content (AvgIpc) is 3.04. The van der Waals surface area contributed by atoms with Gasteiger partial charge in [-0.15, -0.1) is 0 Å². The SMILES string of the molecule is CCO[C@@H]1C(NC(C)=O)[C@H](COC[C@@H]2C(CO)O[C@@H](O)C(NC(C)=O)[C@H]2O)OC(CO)[C@H]1COC[C@@H]1OC(CO)[C@@H](O)[C@H](O)C1NC(C)=O. The number of hydrogen-bond acceptors (Lipinski definition) is 16. The van der Waals surface area contributed by atoms with E-state index in [1.54, 1.807) is 6.92 Å². The number of aliphatic hydroxyl groups excluding tert-OH is 7. The molecule has 0 aromatic heterocycles. The molecule has 0 bridgehead atoms. The lowest BCUT2D eigenvalue weighted by Crippen LogP contribution is -2.65. The third-order valence-corrected chi connectivity index (χ3v) is 8.95. The van der Waals surface area contributed by atoms with Gasteiger partial charge in [-0.05, 0) is 6.92 Å². The highest BCUT2D eigenvalue weighted by Crippen LogP contribution is 2.31. The topological polar surface area (TPSA) is 284 Å². The lowest BCUT2D eigenvalue weighted by atomic mass is 9.85. The minimum atomic E-state index is -1.57. The number of hydrogen-bond donors (Lipinski definition) is 10. The van der Waals surface area contributed by atoms with Crippen molar-refractivity contribution < 1.29 is 78.6 Å². The molecule has 10 N–H and O–H groups in total. The molecule has 3 rings (SSSR count). The highest BCUT2D eigenvalue weighted by Gasteiger charge is 2.49. The zero-order valence-corrected chi connectivity index (χ0v) is 28.1. The lowest BCUT2D eigenvalue weighted by Gasteiger charge is -2.47. The minimum absolute atomic E-state index is 0.106. The summed E-state index contributed by atoms with van der Waals surface area (Å²) in [6, 6.07) is -3.06. The predicted molar refractivity (Wildman–Crippen MR) is 164 cm³/mol. The second kappa shape index (κ2) is 19.5. The van der Waals surface area contributed by atoms with E-state index in [-0.39, 0.29) is 33.0 Å². The summed E-state index contributed by atoms with van der Waals surface area (Å²) in [6.07, 6.45) is -11.5.